The zero-order valence-electron chi connectivity index (χ0n) is 9.55. The first kappa shape index (κ1) is 11.7. The molecule has 0 saturated heterocycles. The molecule has 0 aliphatic rings. The number of rotatable bonds is 2. The van der Waals surface area contributed by atoms with Crippen LogP contribution in [0, 0.1) is 11.3 Å². The Hall–Kier alpha value is -2.80. The molecule has 0 aliphatic carbocycles. The van der Waals surface area contributed by atoms with Crippen molar-refractivity contribution >= 4 is 17.3 Å². The van der Waals surface area contributed by atoms with E-state index in [1.54, 1.807) is 48.5 Å². The van der Waals surface area contributed by atoms with E-state index in [0.29, 0.717) is 22.5 Å². The van der Waals surface area contributed by atoms with E-state index in [4.69, 9.17) is 11.0 Å². The van der Waals surface area contributed by atoms with Crippen LogP contribution in [0.25, 0.3) is 0 Å². The van der Waals surface area contributed by atoms with Crippen LogP contribution < -0.4 is 11.1 Å². The summed E-state index contributed by atoms with van der Waals surface area (Å²) in [5.41, 5.74) is 7.73. The molecular formula is C14H11N3O. The summed E-state index contributed by atoms with van der Waals surface area (Å²) in [4.78, 5) is 11.9. The van der Waals surface area contributed by atoms with Gasteiger partial charge in [-0.1, -0.05) is 12.1 Å². The van der Waals surface area contributed by atoms with Crippen LogP contribution in [0.5, 0.6) is 0 Å². The fraction of sp³-hybridized carbons (Fsp3) is 0. The Labute approximate surface area is 105 Å². The second-order valence-corrected chi connectivity index (χ2v) is 3.77. The van der Waals surface area contributed by atoms with Gasteiger partial charge in [-0.25, -0.2) is 0 Å². The van der Waals surface area contributed by atoms with Crippen molar-refractivity contribution in [1.82, 2.24) is 0 Å². The minimum Gasteiger partial charge on any atom is -0.399 e. The Kier molecular flexibility index (Phi) is 3.26. The molecule has 18 heavy (non-hydrogen) atoms. The van der Waals surface area contributed by atoms with E-state index in [-0.39, 0.29) is 5.91 Å². The fourth-order valence-electron chi connectivity index (χ4n) is 1.55. The van der Waals surface area contributed by atoms with Crippen molar-refractivity contribution in [3.63, 3.8) is 0 Å². The lowest BCUT2D eigenvalue weighted by Crippen LogP contribution is -2.12. The topological polar surface area (TPSA) is 78.9 Å². The van der Waals surface area contributed by atoms with Gasteiger partial charge in [0, 0.05) is 16.9 Å². The molecule has 4 heteroatoms. The third kappa shape index (κ3) is 2.66. The van der Waals surface area contributed by atoms with E-state index in [9.17, 15) is 4.79 Å². The summed E-state index contributed by atoms with van der Waals surface area (Å²) in [6, 6.07) is 15.4. The maximum Gasteiger partial charge on any atom is 0.255 e. The summed E-state index contributed by atoms with van der Waals surface area (Å²) in [7, 11) is 0. The van der Waals surface area contributed by atoms with E-state index < -0.39 is 0 Å². The molecule has 0 bridgehead atoms. The highest BCUT2D eigenvalue weighted by atomic mass is 16.1. The summed E-state index contributed by atoms with van der Waals surface area (Å²) in [6.45, 7) is 0. The first-order valence-corrected chi connectivity index (χ1v) is 5.36. The summed E-state index contributed by atoms with van der Waals surface area (Å²) >= 11 is 0. The zero-order chi connectivity index (χ0) is 13.0. The highest BCUT2D eigenvalue weighted by molar-refractivity contribution is 6.04. The molecule has 2 rings (SSSR count). The predicted molar refractivity (Wildman–Crippen MR) is 70.0 cm³/mol. The third-order valence-electron chi connectivity index (χ3n) is 2.40. The maximum absolute atomic E-state index is 11.9. The predicted octanol–water partition coefficient (Wildman–Crippen LogP) is 2.39. The SMILES string of the molecule is N#Cc1cccc(C(=O)Nc2cccc(N)c2)c1. The van der Waals surface area contributed by atoms with E-state index in [1.807, 2.05) is 6.07 Å². The van der Waals surface area contributed by atoms with Gasteiger partial charge in [0.15, 0.2) is 0 Å². The molecule has 0 heterocycles. The summed E-state index contributed by atoms with van der Waals surface area (Å²) in [5.74, 6) is -0.266. The Morgan fingerprint density at radius 1 is 1.17 bits per heavy atom. The van der Waals surface area contributed by atoms with Crippen molar-refractivity contribution in [2.45, 2.75) is 0 Å². The minimum atomic E-state index is -0.266. The molecule has 0 saturated carbocycles. The molecule has 0 radical (unpaired) electrons. The number of carbonyl (C=O) groups excluding carboxylic acids is 1. The average Bonchev–Trinajstić information content (AvgIpc) is 2.39. The number of anilines is 2. The van der Waals surface area contributed by atoms with Crippen LogP contribution in [0.15, 0.2) is 48.5 Å². The van der Waals surface area contributed by atoms with Gasteiger partial charge in [-0.2, -0.15) is 5.26 Å². The zero-order valence-corrected chi connectivity index (χ0v) is 9.55. The van der Waals surface area contributed by atoms with E-state index in [1.165, 1.54) is 0 Å². The fourth-order valence-corrected chi connectivity index (χ4v) is 1.55. The van der Waals surface area contributed by atoms with Crippen molar-refractivity contribution in [2.24, 2.45) is 0 Å². The molecule has 1 amide bonds. The minimum absolute atomic E-state index is 0.266. The van der Waals surface area contributed by atoms with Crippen molar-refractivity contribution in [3.8, 4) is 6.07 Å². The van der Waals surface area contributed by atoms with Crippen molar-refractivity contribution in [2.75, 3.05) is 11.1 Å². The number of hydrogen-bond acceptors (Lipinski definition) is 3. The Morgan fingerprint density at radius 3 is 2.67 bits per heavy atom. The normalized spacial score (nSPS) is 9.50. The molecule has 3 N–H and O–H groups in total. The molecule has 4 nitrogen and oxygen atoms in total. The average molecular weight is 237 g/mol. The van der Waals surface area contributed by atoms with Gasteiger partial charge in [0.05, 0.1) is 11.6 Å². The van der Waals surface area contributed by atoms with Crippen LogP contribution in [0.3, 0.4) is 0 Å². The number of nitrogens with two attached hydrogens (primary N) is 1. The second-order valence-electron chi connectivity index (χ2n) is 3.77. The molecule has 88 valence electrons. The highest BCUT2D eigenvalue weighted by Crippen LogP contribution is 2.13. The number of benzene rings is 2. The molecule has 0 aromatic heterocycles. The number of hydrogen-bond donors (Lipinski definition) is 2. The molecule has 0 atom stereocenters. The molecule has 0 unspecified atom stereocenters. The number of amides is 1. The summed E-state index contributed by atoms with van der Waals surface area (Å²) in [6.07, 6.45) is 0. The second kappa shape index (κ2) is 5.02. The van der Waals surface area contributed by atoms with E-state index >= 15 is 0 Å². The summed E-state index contributed by atoms with van der Waals surface area (Å²) < 4.78 is 0. The van der Waals surface area contributed by atoms with Gasteiger partial charge in [-0.05, 0) is 36.4 Å². The number of nitriles is 1. The van der Waals surface area contributed by atoms with Gasteiger partial charge in [0.25, 0.3) is 5.91 Å². The molecule has 2 aromatic carbocycles. The highest BCUT2D eigenvalue weighted by Gasteiger charge is 2.06. The largest absolute Gasteiger partial charge is 0.399 e. The van der Waals surface area contributed by atoms with Crippen LogP contribution >= 0.6 is 0 Å². The lowest BCUT2D eigenvalue weighted by atomic mass is 10.1. The van der Waals surface area contributed by atoms with E-state index in [0.717, 1.165) is 0 Å². The van der Waals surface area contributed by atoms with Gasteiger partial charge in [0.2, 0.25) is 0 Å². The molecule has 0 aliphatic heterocycles. The Morgan fingerprint density at radius 2 is 1.94 bits per heavy atom. The number of nitrogens with one attached hydrogen (secondary N) is 1. The van der Waals surface area contributed by atoms with Gasteiger partial charge < -0.3 is 11.1 Å². The lowest BCUT2D eigenvalue weighted by Gasteiger charge is -2.06. The maximum atomic E-state index is 11.9. The smallest absolute Gasteiger partial charge is 0.255 e. The third-order valence-corrected chi connectivity index (χ3v) is 2.40. The van der Waals surface area contributed by atoms with E-state index in [2.05, 4.69) is 5.32 Å². The lowest BCUT2D eigenvalue weighted by molar-refractivity contribution is 0.102. The van der Waals surface area contributed by atoms with Gasteiger partial charge in [-0.15, -0.1) is 0 Å². The first-order chi connectivity index (χ1) is 8.69. The van der Waals surface area contributed by atoms with Crippen LogP contribution in [0.1, 0.15) is 15.9 Å². The quantitative estimate of drug-likeness (QED) is 0.787. The monoisotopic (exact) mass is 237 g/mol. The van der Waals surface area contributed by atoms with Crippen LogP contribution in [0.2, 0.25) is 0 Å². The molecule has 2 aromatic rings. The van der Waals surface area contributed by atoms with Gasteiger partial charge >= 0.3 is 0 Å². The van der Waals surface area contributed by atoms with Crippen molar-refractivity contribution in [1.29, 1.82) is 5.26 Å². The molecule has 0 spiro atoms. The number of carbonyl (C=O) groups is 1. The standard InChI is InChI=1S/C14H11N3O/c15-9-10-3-1-4-11(7-10)14(18)17-13-6-2-5-12(16)8-13/h1-8H,16H2,(H,17,18). The molecular weight excluding hydrogens is 226 g/mol. The van der Waals surface area contributed by atoms with Crippen LogP contribution in [0.4, 0.5) is 11.4 Å². The van der Waals surface area contributed by atoms with Crippen molar-refractivity contribution < 1.29 is 4.79 Å². The van der Waals surface area contributed by atoms with Crippen LogP contribution in [-0.4, -0.2) is 5.91 Å². The number of nitrogen functional groups attached to an aromatic ring is 1. The van der Waals surface area contributed by atoms with Crippen LogP contribution in [-0.2, 0) is 0 Å². The van der Waals surface area contributed by atoms with Gasteiger partial charge in [-0.3, -0.25) is 4.79 Å². The Bertz CT molecular complexity index is 629. The van der Waals surface area contributed by atoms with Crippen molar-refractivity contribution in [3.05, 3.63) is 59.7 Å². The Balaban J connectivity index is 2.20. The molecule has 0 fully saturated rings. The van der Waals surface area contributed by atoms with Gasteiger partial charge in [0.1, 0.15) is 0 Å². The first-order valence-electron chi connectivity index (χ1n) is 5.36. The number of nitrogens with zero attached hydrogens (tertiary/aromatic N) is 1. The summed E-state index contributed by atoms with van der Waals surface area (Å²) in [5, 5.41) is 11.5.